The van der Waals surface area contributed by atoms with Crippen LogP contribution in [0.1, 0.15) is 11.1 Å². The van der Waals surface area contributed by atoms with E-state index in [0.717, 1.165) is 17.8 Å². The van der Waals surface area contributed by atoms with Gasteiger partial charge in [0.25, 0.3) is 0 Å². The minimum absolute atomic E-state index is 0.195. The summed E-state index contributed by atoms with van der Waals surface area (Å²) in [5.74, 6) is -0.127. The van der Waals surface area contributed by atoms with Gasteiger partial charge in [0.05, 0.1) is 12.1 Å². The molecule has 0 radical (unpaired) electrons. The van der Waals surface area contributed by atoms with Gasteiger partial charge >= 0.3 is 12.2 Å². The van der Waals surface area contributed by atoms with E-state index in [1.807, 2.05) is 30.3 Å². The Morgan fingerprint density at radius 1 is 0.929 bits per heavy atom. The monoisotopic (exact) mass is 395 g/mol. The molecule has 0 aliphatic carbocycles. The van der Waals surface area contributed by atoms with Crippen LogP contribution in [0.25, 0.3) is 0 Å². The van der Waals surface area contributed by atoms with Gasteiger partial charge in [-0.1, -0.05) is 30.3 Å². The predicted octanol–water partition coefficient (Wildman–Crippen LogP) is 2.13. The van der Waals surface area contributed by atoms with Crippen LogP contribution >= 0.6 is 0 Å². The molecule has 1 heterocycles. The van der Waals surface area contributed by atoms with E-state index in [2.05, 4.69) is 26.3 Å². The maximum atomic E-state index is 12.4. The molecule has 0 spiro atoms. The molecule has 0 aliphatic rings. The van der Waals surface area contributed by atoms with Crippen molar-refractivity contribution < 1.29 is 22.8 Å². The van der Waals surface area contributed by atoms with Crippen LogP contribution in [-0.4, -0.2) is 36.6 Å². The van der Waals surface area contributed by atoms with Gasteiger partial charge in [-0.2, -0.15) is 13.2 Å². The number of halogens is 3. The smallest absolute Gasteiger partial charge is 0.368 e. The summed E-state index contributed by atoms with van der Waals surface area (Å²) < 4.78 is 37.3. The highest BCUT2D eigenvalue weighted by atomic mass is 19.4. The molecule has 150 valence electrons. The molecule has 3 amide bonds. The van der Waals surface area contributed by atoms with Gasteiger partial charge in [0, 0.05) is 25.8 Å². The van der Waals surface area contributed by atoms with Crippen molar-refractivity contribution in [3.63, 3.8) is 0 Å². The standard InChI is InChI=1S/C18H20F3N5O2/c19-18(20,21)14-6-7-15(24-11-14)22-8-9-23-16(27)12-26-17(28)25-10-13-4-2-1-3-5-13/h1-7,11H,8-10,12H2,(H,22,24)(H,23,27)(H2,25,26,28). The number of aromatic nitrogens is 1. The minimum Gasteiger partial charge on any atom is -0.368 e. The summed E-state index contributed by atoms with van der Waals surface area (Å²) >= 11 is 0. The Bertz CT molecular complexity index is 767. The number of nitrogens with zero attached hydrogens (tertiary/aromatic N) is 1. The van der Waals surface area contributed by atoms with Crippen LogP contribution < -0.4 is 21.3 Å². The van der Waals surface area contributed by atoms with E-state index in [-0.39, 0.29) is 25.5 Å². The molecule has 0 atom stereocenters. The lowest BCUT2D eigenvalue weighted by Gasteiger charge is -2.10. The number of rotatable bonds is 8. The van der Waals surface area contributed by atoms with E-state index in [9.17, 15) is 22.8 Å². The number of carbonyl (C=O) groups excluding carboxylic acids is 2. The average Bonchev–Trinajstić information content (AvgIpc) is 2.68. The quantitative estimate of drug-likeness (QED) is 0.515. The number of benzene rings is 1. The van der Waals surface area contributed by atoms with Gasteiger partial charge in [-0.15, -0.1) is 0 Å². The van der Waals surface area contributed by atoms with Crippen LogP contribution in [0, 0.1) is 0 Å². The lowest BCUT2D eigenvalue weighted by atomic mass is 10.2. The molecular formula is C18H20F3N5O2. The van der Waals surface area contributed by atoms with Crippen LogP contribution in [0.5, 0.6) is 0 Å². The molecule has 0 bridgehead atoms. The number of alkyl halides is 3. The molecule has 2 rings (SSSR count). The largest absolute Gasteiger partial charge is 0.417 e. The number of anilines is 1. The molecule has 0 aliphatic heterocycles. The Hall–Kier alpha value is -3.30. The molecular weight excluding hydrogens is 375 g/mol. The molecule has 0 fully saturated rings. The number of nitrogens with one attached hydrogen (secondary N) is 4. The van der Waals surface area contributed by atoms with Crippen molar-refractivity contribution in [2.75, 3.05) is 25.0 Å². The highest BCUT2D eigenvalue weighted by Gasteiger charge is 2.30. The van der Waals surface area contributed by atoms with Crippen LogP contribution in [0.3, 0.4) is 0 Å². The normalized spacial score (nSPS) is 10.8. The van der Waals surface area contributed by atoms with Crippen LogP contribution in [0.15, 0.2) is 48.7 Å². The topological polar surface area (TPSA) is 95.2 Å². The van der Waals surface area contributed by atoms with Gasteiger partial charge in [-0.3, -0.25) is 4.79 Å². The Morgan fingerprint density at radius 3 is 2.32 bits per heavy atom. The lowest BCUT2D eigenvalue weighted by molar-refractivity contribution is -0.137. The number of pyridine rings is 1. The summed E-state index contributed by atoms with van der Waals surface area (Å²) in [6.07, 6.45) is -3.70. The van der Waals surface area contributed by atoms with Gasteiger partial charge in [-0.05, 0) is 17.7 Å². The number of hydrogen-bond acceptors (Lipinski definition) is 4. The number of hydrogen-bond donors (Lipinski definition) is 4. The van der Waals surface area contributed by atoms with Gasteiger partial charge in [0.1, 0.15) is 5.82 Å². The van der Waals surface area contributed by atoms with E-state index in [4.69, 9.17) is 0 Å². The summed E-state index contributed by atoms with van der Waals surface area (Å²) in [4.78, 5) is 27.0. The minimum atomic E-state index is -4.43. The second kappa shape index (κ2) is 10.1. The molecule has 7 nitrogen and oxygen atoms in total. The zero-order valence-electron chi connectivity index (χ0n) is 14.8. The van der Waals surface area contributed by atoms with E-state index < -0.39 is 23.7 Å². The molecule has 4 N–H and O–H groups in total. The van der Waals surface area contributed by atoms with Crippen molar-refractivity contribution >= 4 is 17.8 Å². The highest BCUT2D eigenvalue weighted by molar-refractivity contribution is 5.83. The van der Waals surface area contributed by atoms with Crippen molar-refractivity contribution in [1.82, 2.24) is 20.9 Å². The molecule has 1 aromatic heterocycles. The first-order chi connectivity index (χ1) is 13.3. The van der Waals surface area contributed by atoms with Gasteiger partial charge < -0.3 is 21.3 Å². The number of urea groups is 1. The fourth-order valence-corrected chi connectivity index (χ4v) is 2.12. The lowest BCUT2D eigenvalue weighted by Crippen LogP contribution is -2.42. The predicted molar refractivity (Wildman–Crippen MR) is 97.4 cm³/mol. The van der Waals surface area contributed by atoms with Crippen LogP contribution in [0.2, 0.25) is 0 Å². The van der Waals surface area contributed by atoms with Gasteiger partial charge in [0.15, 0.2) is 0 Å². The third-order valence-electron chi connectivity index (χ3n) is 3.55. The van der Waals surface area contributed by atoms with Crippen molar-refractivity contribution in [1.29, 1.82) is 0 Å². The zero-order valence-corrected chi connectivity index (χ0v) is 14.8. The van der Waals surface area contributed by atoms with Crippen molar-refractivity contribution in [3.05, 3.63) is 59.8 Å². The summed E-state index contributed by atoms with van der Waals surface area (Å²) in [6, 6.07) is 11.0. The Balaban J connectivity index is 1.58. The summed E-state index contributed by atoms with van der Waals surface area (Å²) in [5.41, 5.74) is 0.105. The second-order valence-electron chi connectivity index (χ2n) is 5.73. The molecule has 1 aromatic carbocycles. The van der Waals surface area contributed by atoms with Crippen LogP contribution in [-0.2, 0) is 17.5 Å². The fraction of sp³-hybridized carbons (Fsp3) is 0.278. The highest BCUT2D eigenvalue weighted by Crippen LogP contribution is 2.28. The van der Waals surface area contributed by atoms with Crippen molar-refractivity contribution in [3.8, 4) is 0 Å². The fourth-order valence-electron chi connectivity index (χ4n) is 2.12. The van der Waals surface area contributed by atoms with Crippen molar-refractivity contribution in [2.45, 2.75) is 12.7 Å². The molecule has 0 unspecified atom stereocenters. The Kier molecular flexibility index (Phi) is 7.61. The third kappa shape index (κ3) is 7.52. The summed E-state index contributed by atoms with van der Waals surface area (Å²) in [5, 5.41) is 10.4. The maximum Gasteiger partial charge on any atom is 0.417 e. The van der Waals surface area contributed by atoms with Gasteiger partial charge in [-0.25, -0.2) is 9.78 Å². The van der Waals surface area contributed by atoms with E-state index in [1.54, 1.807) is 0 Å². The summed E-state index contributed by atoms with van der Waals surface area (Å²) in [6.45, 7) is 0.636. The molecule has 10 heteroatoms. The third-order valence-corrected chi connectivity index (χ3v) is 3.55. The zero-order chi connectivity index (χ0) is 20.4. The van der Waals surface area contributed by atoms with Crippen LogP contribution in [0.4, 0.5) is 23.8 Å². The van der Waals surface area contributed by atoms with E-state index >= 15 is 0 Å². The van der Waals surface area contributed by atoms with Crippen molar-refractivity contribution in [2.24, 2.45) is 0 Å². The Labute approximate surface area is 159 Å². The molecule has 0 saturated carbocycles. The van der Waals surface area contributed by atoms with E-state index in [1.165, 1.54) is 6.07 Å². The molecule has 0 saturated heterocycles. The number of amides is 3. The Morgan fingerprint density at radius 2 is 1.68 bits per heavy atom. The summed E-state index contributed by atoms with van der Waals surface area (Å²) in [7, 11) is 0. The SMILES string of the molecule is O=C(CNC(=O)NCc1ccccc1)NCCNc1ccc(C(F)(F)F)cn1. The maximum absolute atomic E-state index is 12.4. The number of carbonyl (C=O) groups is 2. The molecule has 2 aromatic rings. The first-order valence-electron chi connectivity index (χ1n) is 8.44. The van der Waals surface area contributed by atoms with E-state index in [0.29, 0.717) is 6.54 Å². The first-order valence-corrected chi connectivity index (χ1v) is 8.44. The first kappa shape index (κ1) is 21.0. The second-order valence-corrected chi connectivity index (χ2v) is 5.73. The van der Waals surface area contributed by atoms with Gasteiger partial charge in [0.2, 0.25) is 5.91 Å². The average molecular weight is 395 g/mol. The molecule has 28 heavy (non-hydrogen) atoms.